The van der Waals surface area contributed by atoms with E-state index < -0.39 is 11.9 Å². The van der Waals surface area contributed by atoms with E-state index in [2.05, 4.69) is 10.3 Å². The molecule has 2 aromatic heterocycles. The van der Waals surface area contributed by atoms with Gasteiger partial charge in [0.05, 0.1) is 5.69 Å². The first-order valence-corrected chi connectivity index (χ1v) is 7.71. The molecule has 3 aromatic rings. The second kappa shape index (κ2) is 6.60. The molecule has 0 unspecified atom stereocenters. The summed E-state index contributed by atoms with van der Waals surface area (Å²) in [6, 6.07) is 9.63. The third kappa shape index (κ3) is 3.58. The molecule has 2 heterocycles. The van der Waals surface area contributed by atoms with Gasteiger partial charge in [-0.1, -0.05) is 18.2 Å². The highest BCUT2D eigenvalue weighted by molar-refractivity contribution is 6.03. The molecule has 0 spiro atoms. The summed E-state index contributed by atoms with van der Waals surface area (Å²) < 4.78 is 1.96. The quantitative estimate of drug-likeness (QED) is 0.717. The van der Waals surface area contributed by atoms with Crippen LogP contribution in [0.15, 0.2) is 54.9 Å². The number of aryl methyl sites for hydroxylation is 2. The number of carbonyl (C=O) groups is 2. The van der Waals surface area contributed by atoms with Crippen molar-refractivity contribution in [2.75, 3.05) is 5.32 Å². The number of aliphatic carboxylic acids is 1. The van der Waals surface area contributed by atoms with Crippen LogP contribution in [0.4, 0.5) is 5.69 Å². The zero-order valence-electron chi connectivity index (χ0n) is 13.9. The van der Waals surface area contributed by atoms with E-state index in [4.69, 9.17) is 5.11 Å². The van der Waals surface area contributed by atoms with Crippen molar-refractivity contribution < 1.29 is 14.7 Å². The van der Waals surface area contributed by atoms with Gasteiger partial charge in [-0.15, -0.1) is 0 Å². The maximum Gasteiger partial charge on any atom is 0.328 e. The molecule has 0 aliphatic carbocycles. The predicted molar refractivity (Wildman–Crippen MR) is 95.5 cm³/mol. The van der Waals surface area contributed by atoms with Crippen LogP contribution in [0, 0.1) is 13.8 Å². The average Bonchev–Trinajstić information content (AvgIpc) is 3.00. The topological polar surface area (TPSA) is 83.7 Å². The predicted octanol–water partition coefficient (Wildman–Crippen LogP) is 3.20. The number of hydrogen-bond donors (Lipinski definition) is 2. The van der Waals surface area contributed by atoms with Gasteiger partial charge in [-0.05, 0) is 37.1 Å². The number of carbonyl (C=O) groups excluding carboxylic acids is 1. The standard InChI is InChI=1S/C19H17N3O3/c1-12-5-6-14(10-15(12)20-17(23)7-8-18(24)25)16-11-22-9-3-4-13(2)19(22)21-16/h3-11H,1-2H3,(H,20,23)(H,24,25)/b8-7-. The highest BCUT2D eigenvalue weighted by atomic mass is 16.4. The molecule has 1 amide bonds. The molecule has 126 valence electrons. The fraction of sp³-hybridized carbons (Fsp3) is 0.105. The van der Waals surface area contributed by atoms with E-state index in [1.807, 2.05) is 61.0 Å². The SMILES string of the molecule is Cc1ccc(-c2cn3cccc(C)c3n2)cc1NC(=O)/C=C\C(=O)O. The Bertz CT molecular complexity index is 1000. The number of aromatic nitrogens is 2. The molecule has 0 fully saturated rings. The molecule has 0 radical (unpaired) electrons. The Hall–Kier alpha value is -3.41. The second-order valence-electron chi connectivity index (χ2n) is 5.74. The summed E-state index contributed by atoms with van der Waals surface area (Å²) in [6.07, 6.45) is 5.66. The van der Waals surface area contributed by atoms with E-state index >= 15 is 0 Å². The van der Waals surface area contributed by atoms with Gasteiger partial charge in [-0.2, -0.15) is 0 Å². The lowest BCUT2D eigenvalue weighted by molar-refractivity contribution is -0.131. The minimum absolute atomic E-state index is 0.492. The van der Waals surface area contributed by atoms with Crippen molar-refractivity contribution in [1.29, 1.82) is 0 Å². The Kier molecular flexibility index (Phi) is 4.35. The highest BCUT2D eigenvalue weighted by Gasteiger charge is 2.09. The highest BCUT2D eigenvalue weighted by Crippen LogP contribution is 2.26. The largest absolute Gasteiger partial charge is 0.478 e. The third-order valence-corrected chi connectivity index (χ3v) is 3.85. The van der Waals surface area contributed by atoms with Crippen LogP contribution < -0.4 is 5.32 Å². The Morgan fingerprint density at radius 1 is 1.16 bits per heavy atom. The zero-order valence-corrected chi connectivity index (χ0v) is 13.9. The number of imidazole rings is 1. The number of amides is 1. The van der Waals surface area contributed by atoms with Gasteiger partial charge in [0.1, 0.15) is 5.65 Å². The number of carboxylic acid groups (broad SMARTS) is 1. The van der Waals surface area contributed by atoms with Crippen LogP contribution in [0.1, 0.15) is 11.1 Å². The van der Waals surface area contributed by atoms with Gasteiger partial charge in [-0.3, -0.25) is 4.79 Å². The zero-order chi connectivity index (χ0) is 18.0. The molecule has 0 aliphatic rings. The molecular weight excluding hydrogens is 318 g/mol. The molecule has 2 N–H and O–H groups in total. The van der Waals surface area contributed by atoms with Crippen LogP contribution >= 0.6 is 0 Å². The van der Waals surface area contributed by atoms with E-state index in [1.54, 1.807) is 0 Å². The molecule has 0 bridgehead atoms. The van der Waals surface area contributed by atoms with Gasteiger partial charge in [0.15, 0.2) is 0 Å². The van der Waals surface area contributed by atoms with Crippen molar-refractivity contribution in [3.05, 3.63) is 66.0 Å². The number of benzene rings is 1. The van der Waals surface area contributed by atoms with Gasteiger partial charge < -0.3 is 14.8 Å². The van der Waals surface area contributed by atoms with E-state index in [-0.39, 0.29) is 0 Å². The number of rotatable bonds is 4. The van der Waals surface area contributed by atoms with E-state index in [0.717, 1.165) is 40.2 Å². The first-order valence-electron chi connectivity index (χ1n) is 7.71. The number of hydrogen-bond acceptors (Lipinski definition) is 3. The minimum Gasteiger partial charge on any atom is -0.478 e. The fourth-order valence-electron chi connectivity index (χ4n) is 2.53. The van der Waals surface area contributed by atoms with Gasteiger partial charge in [0, 0.05) is 35.8 Å². The lowest BCUT2D eigenvalue weighted by atomic mass is 10.1. The average molecular weight is 335 g/mol. The van der Waals surface area contributed by atoms with Crippen molar-refractivity contribution in [3.63, 3.8) is 0 Å². The summed E-state index contributed by atoms with van der Waals surface area (Å²) in [7, 11) is 0. The number of nitrogens with one attached hydrogen (secondary N) is 1. The first kappa shape index (κ1) is 16.4. The Morgan fingerprint density at radius 2 is 1.96 bits per heavy atom. The van der Waals surface area contributed by atoms with Crippen LogP contribution in [0.3, 0.4) is 0 Å². The van der Waals surface area contributed by atoms with Gasteiger partial charge in [0.2, 0.25) is 5.91 Å². The van der Waals surface area contributed by atoms with E-state index in [9.17, 15) is 9.59 Å². The number of fused-ring (bicyclic) bond motifs is 1. The van der Waals surface area contributed by atoms with Crippen LogP contribution in [-0.2, 0) is 9.59 Å². The van der Waals surface area contributed by atoms with Gasteiger partial charge in [0.25, 0.3) is 0 Å². The number of nitrogens with zero attached hydrogens (tertiary/aromatic N) is 2. The monoisotopic (exact) mass is 335 g/mol. The Balaban J connectivity index is 1.94. The summed E-state index contributed by atoms with van der Waals surface area (Å²) >= 11 is 0. The third-order valence-electron chi connectivity index (χ3n) is 3.85. The van der Waals surface area contributed by atoms with Crippen LogP contribution in [0.25, 0.3) is 16.9 Å². The Labute approximate surface area is 144 Å². The summed E-state index contributed by atoms with van der Waals surface area (Å²) in [5.74, 6) is -1.66. The molecule has 0 saturated carbocycles. The minimum atomic E-state index is -1.17. The van der Waals surface area contributed by atoms with Gasteiger partial charge >= 0.3 is 5.97 Å². The normalized spacial score (nSPS) is 11.1. The van der Waals surface area contributed by atoms with Crippen molar-refractivity contribution >= 4 is 23.2 Å². The molecular formula is C19H17N3O3. The van der Waals surface area contributed by atoms with Crippen molar-refractivity contribution in [2.24, 2.45) is 0 Å². The number of anilines is 1. The van der Waals surface area contributed by atoms with Crippen molar-refractivity contribution in [3.8, 4) is 11.3 Å². The molecule has 25 heavy (non-hydrogen) atoms. The lowest BCUT2D eigenvalue weighted by Gasteiger charge is -2.08. The molecule has 1 aromatic carbocycles. The molecule has 0 aliphatic heterocycles. The second-order valence-corrected chi connectivity index (χ2v) is 5.74. The van der Waals surface area contributed by atoms with Crippen LogP contribution in [0.2, 0.25) is 0 Å². The van der Waals surface area contributed by atoms with E-state index in [1.165, 1.54) is 0 Å². The molecule has 0 saturated heterocycles. The number of pyridine rings is 1. The fourth-order valence-corrected chi connectivity index (χ4v) is 2.53. The molecule has 6 nitrogen and oxygen atoms in total. The summed E-state index contributed by atoms with van der Waals surface area (Å²) in [4.78, 5) is 27.0. The maximum absolute atomic E-state index is 11.8. The molecule has 3 rings (SSSR count). The van der Waals surface area contributed by atoms with E-state index in [0.29, 0.717) is 5.69 Å². The maximum atomic E-state index is 11.8. The lowest BCUT2D eigenvalue weighted by Crippen LogP contribution is -2.09. The summed E-state index contributed by atoms with van der Waals surface area (Å²) in [6.45, 7) is 3.87. The van der Waals surface area contributed by atoms with Crippen LogP contribution in [0.5, 0.6) is 0 Å². The van der Waals surface area contributed by atoms with Crippen molar-refractivity contribution in [2.45, 2.75) is 13.8 Å². The molecule has 6 heteroatoms. The molecule has 0 atom stereocenters. The smallest absolute Gasteiger partial charge is 0.328 e. The van der Waals surface area contributed by atoms with Crippen molar-refractivity contribution in [1.82, 2.24) is 9.38 Å². The van der Waals surface area contributed by atoms with Crippen LogP contribution in [-0.4, -0.2) is 26.4 Å². The van der Waals surface area contributed by atoms with Gasteiger partial charge in [-0.25, -0.2) is 9.78 Å². The Morgan fingerprint density at radius 3 is 2.68 bits per heavy atom. The summed E-state index contributed by atoms with van der Waals surface area (Å²) in [5.41, 5.74) is 5.12. The summed E-state index contributed by atoms with van der Waals surface area (Å²) in [5, 5.41) is 11.3. The first-order chi connectivity index (χ1) is 11.9. The number of carboxylic acids is 1.